The van der Waals surface area contributed by atoms with Crippen molar-refractivity contribution in [2.45, 2.75) is 143 Å². The van der Waals surface area contributed by atoms with Gasteiger partial charge in [-0.05, 0) is 151 Å². The maximum Gasteiger partial charge on any atom is 0.417 e. The molecule has 10 aliphatic heterocycles. The number of likely N-dealkylation sites (N-methyl/N-ethyl adjacent to an activating group) is 7. The molecule has 134 heavy (non-hydrogen) atoms. The summed E-state index contributed by atoms with van der Waals surface area (Å²) in [5.74, 6) is 2.39. The highest BCUT2D eigenvalue weighted by Gasteiger charge is 2.49. The van der Waals surface area contributed by atoms with Crippen molar-refractivity contribution in [3.05, 3.63) is 218 Å². The lowest BCUT2D eigenvalue weighted by atomic mass is 9.76. The quantitative estimate of drug-likeness (QED) is 0.114. The van der Waals surface area contributed by atoms with Crippen molar-refractivity contribution in [2.75, 3.05) is 96.4 Å². The van der Waals surface area contributed by atoms with Crippen LogP contribution in [0.5, 0.6) is 5.75 Å². The van der Waals surface area contributed by atoms with Crippen molar-refractivity contribution < 1.29 is 81.4 Å². The van der Waals surface area contributed by atoms with E-state index in [9.17, 15) is 86.3 Å². The fourth-order valence-corrected chi connectivity index (χ4v) is 14.2. The normalized spacial score (nSPS) is 18.3. The number of anilines is 1. The number of amides is 18. The van der Waals surface area contributed by atoms with Crippen LogP contribution in [0.4, 0.5) is 24.9 Å². The van der Waals surface area contributed by atoms with Gasteiger partial charge in [0, 0.05) is 184 Å². The number of rotatable bonds is 1. The minimum absolute atomic E-state index is 0.0122. The van der Waals surface area contributed by atoms with Crippen LogP contribution in [0.3, 0.4) is 0 Å². The molecule has 1 spiro atoms. The number of pyridine rings is 1. The molecule has 6 aromatic rings. The molecule has 2 aromatic heterocycles. The number of hydrazone groups is 1. The summed E-state index contributed by atoms with van der Waals surface area (Å²) in [6.45, 7) is 29.9. The number of nitrogens with one attached hydrogen (secondary N) is 2. The molecule has 0 unspecified atom stereocenters. The third kappa shape index (κ3) is 25.8. The van der Waals surface area contributed by atoms with Crippen LogP contribution < -0.4 is 32.3 Å². The fraction of sp³-hybridized carbons (Fsp3) is 0.421. The Bertz CT molecular complexity index is 5790. The predicted molar refractivity (Wildman–Crippen MR) is 505 cm³/mol. The molecule has 5 saturated heterocycles. The number of benzene rings is 4. The molecule has 0 bridgehead atoms. The summed E-state index contributed by atoms with van der Waals surface area (Å²) in [4.78, 5) is 214. The highest BCUT2D eigenvalue weighted by molar-refractivity contribution is 6.25. The molecular weight excluding hydrogens is 1730 g/mol. The van der Waals surface area contributed by atoms with E-state index in [2.05, 4.69) is 68.4 Å². The van der Waals surface area contributed by atoms with Crippen LogP contribution in [0.25, 0.3) is 16.3 Å². The Labute approximate surface area is 779 Å². The molecule has 720 valence electrons. The van der Waals surface area contributed by atoms with Crippen LogP contribution in [0.1, 0.15) is 169 Å². The average molecular weight is 1850 g/mol. The number of allylic oxidation sites excluding steroid dienone is 2. The van der Waals surface area contributed by atoms with E-state index in [0.29, 0.717) is 53.5 Å². The van der Waals surface area contributed by atoms with E-state index < -0.39 is 22.8 Å². The number of aromatic nitrogens is 4. The van der Waals surface area contributed by atoms with Gasteiger partial charge in [-0.25, -0.2) is 52.6 Å². The monoisotopic (exact) mass is 1850 g/mol. The molecule has 1 aliphatic carbocycles. The standard InChI is InChI=1S/C14H16O.C13H9NO2.C10H10N2O.C10H15NO2.C7H12N2O2.C7H10N2O.C6H10N2O2.C6H10N2O.C6H9NO3.C6H7NO.C5H9N3O2.C5H8N2O2/c1-9(2)12-5-6-14-13(8-12)10(3)7-11(4)15-14;1-14-12(15)9-6-2-4-8-5-3-7-10(11(8)9)13(14)16;1-7-11-9-6-4-3-5-8(9)10(13)12(7)2;1-11-8(12)6-10(7-9(11)13)4-2-3-5-10;1-7(2)5(10)8(3)6(11)9(7)4;1-6-8(2)5-4-7(10)9(6)3;1-6(2)4(9)8(3)5(10)7-6;1-5-3-4-6(9)8(2)7-5;1-6(2)4(8)7(3)5(9)10-6;1-7-5-3-2-4-6(7)8;1-6-4(9)7(2)8(3)5(6)10;1-6-3-4(8)7(2)5(6)9/h5-9H,4H2,1-3H3;2-7H,1H3;3-6,11H,1H2,2H3;2-7H2,1H3;1-4H3;4-5H,1H2,2-3H3;1-3H3,(H,7,10);3-4H2,1-2H3;1-3H3;2-5H,1H3;1-3H3;3H2,1-2H3. The Morgan fingerprint density at radius 3 is 1.43 bits per heavy atom. The summed E-state index contributed by atoms with van der Waals surface area (Å²) in [6, 6.07) is 29.1. The first kappa shape index (κ1) is 108. The second-order valence-electron chi connectivity index (χ2n) is 34.9. The van der Waals surface area contributed by atoms with Crippen molar-refractivity contribution in [1.82, 2.24) is 82.7 Å². The van der Waals surface area contributed by atoms with Gasteiger partial charge in [-0.2, -0.15) is 5.10 Å². The highest BCUT2D eigenvalue weighted by atomic mass is 16.6. The van der Waals surface area contributed by atoms with Gasteiger partial charge in [0.15, 0.2) is 5.60 Å². The average Bonchev–Trinajstić information content (AvgIpc) is 0.989. The zero-order chi connectivity index (χ0) is 101. The van der Waals surface area contributed by atoms with E-state index >= 15 is 0 Å². The lowest BCUT2D eigenvalue weighted by Crippen LogP contribution is -2.44. The van der Waals surface area contributed by atoms with Crippen LogP contribution in [0.2, 0.25) is 0 Å². The van der Waals surface area contributed by atoms with Gasteiger partial charge in [-0.15, -0.1) is 0 Å². The Morgan fingerprint density at radius 1 is 0.507 bits per heavy atom. The second-order valence-corrected chi connectivity index (χ2v) is 34.9. The van der Waals surface area contributed by atoms with Gasteiger partial charge in [0.1, 0.15) is 40.8 Å². The number of aryl methyl sites for hydroxylation is 1. The molecule has 12 heterocycles. The molecule has 17 rings (SSSR count). The topological polar surface area (TPSA) is 421 Å². The van der Waals surface area contributed by atoms with Gasteiger partial charge >= 0.3 is 35.6 Å². The molecule has 39 heteroatoms. The summed E-state index contributed by atoms with van der Waals surface area (Å²) >= 11 is 0. The number of hydrogen-bond donors (Lipinski definition) is 2. The Kier molecular flexibility index (Phi) is 36.0. The number of imide groups is 6. The van der Waals surface area contributed by atoms with Crippen molar-refractivity contribution >= 4 is 117 Å². The van der Waals surface area contributed by atoms with Crippen molar-refractivity contribution in [1.29, 1.82) is 0 Å². The van der Waals surface area contributed by atoms with Crippen molar-refractivity contribution in [3.63, 3.8) is 0 Å². The Balaban J connectivity index is 0.000000226. The van der Waals surface area contributed by atoms with Crippen LogP contribution in [0, 0.1) is 5.41 Å². The second kappa shape index (κ2) is 44.8. The first-order chi connectivity index (χ1) is 62.2. The number of carbonyl (C=O) groups excluding carboxylic acids is 15. The minimum atomic E-state index is -0.966. The van der Waals surface area contributed by atoms with Crippen molar-refractivity contribution in [2.24, 2.45) is 38.7 Å². The van der Waals surface area contributed by atoms with Gasteiger partial charge < -0.3 is 39.4 Å². The largest absolute Gasteiger partial charge is 0.457 e. The number of urea groups is 3. The van der Waals surface area contributed by atoms with Gasteiger partial charge in [-0.1, -0.05) is 95.0 Å². The molecular formula is C95H125N19O20. The van der Waals surface area contributed by atoms with Gasteiger partial charge in [0.05, 0.1) is 11.3 Å². The summed E-state index contributed by atoms with van der Waals surface area (Å²) in [5, 5.41) is 12.7. The summed E-state index contributed by atoms with van der Waals surface area (Å²) in [5.41, 5.74) is 4.67. The Morgan fingerprint density at radius 2 is 1.04 bits per heavy atom. The van der Waals surface area contributed by atoms with Gasteiger partial charge in [-0.3, -0.25) is 91.8 Å². The van der Waals surface area contributed by atoms with E-state index in [0.717, 1.165) is 82.0 Å². The van der Waals surface area contributed by atoms with E-state index in [4.69, 9.17) is 9.47 Å². The first-order valence-corrected chi connectivity index (χ1v) is 42.6. The van der Waals surface area contributed by atoms with Crippen LogP contribution in [-0.4, -0.2) is 280 Å². The van der Waals surface area contributed by atoms with Crippen molar-refractivity contribution in [3.8, 4) is 5.75 Å². The number of ether oxygens (including phenoxy) is 2. The molecule has 2 N–H and O–H groups in total. The predicted octanol–water partition coefficient (Wildman–Crippen LogP) is 9.08. The maximum absolute atomic E-state index is 11.9. The summed E-state index contributed by atoms with van der Waals surface area (Å²) in [6.07, 6.45) is 13.5. The molecule has 0 radical (unpaired) electrons. The van der Waals surface area contributed by atoms with Crippen LogP contribution >= 0.6 is 0 Å². The minimum Gasteiger partial charge on any atom is -0.457 e. The maximum atomic E-state index is 11.9. The summed E-state index contributed by atoms with van der Waals surface area (Å²) < 4.78 is 15.4. The number of piperidine rings is 1. The zero-order valence-electron chi connectivity index (χ0n) is 81.4. The van der Waals surface area contributed by atoms with E-state index in [-0.39, 0.29) is 112 Å². The number of fused-ring (bicyclic) bond motifs is 2. The number of cyclic esters (lactones) is 1. The Hall–Kier alpha value is -15.0. The number of nitrogens with zero attached hydrogens (tertiary/aromatic N) is 17. The highest BCUT2D eigenvalue weighted by Crippen LogP contribution is 2.47. The van der Waals surface area contributed by atoms with Crippen LogP contribution in [-0.2, 0) is 71.3 Å². The zero-order valence-corrected chi connectivity index (χ0v) is 81.4. The number of hydrogen-bond acceptors (Lipinski definition) is 23. The SMILES string of the molecule is C=C1C=C(C)c2cc(C(C)C)ccc2O1.C=C1N(C)C=CC(=O)N1C.C=C1Nc2ccccc2C(=O)N1C.CC1=NN(C)C(=O)CC1.CN1C(=O)CC2(CCCC2)CC1=O.CN1C(=O)N(C)C(C)(C)C1=O.CN1C(=O)NC(C)(C)C1=O.CN1C(=O)OC(C)(C)C1=O.CN1C(=O)c2cccc3cccc(c23)C1=O.CN1CC(=O)N(C)C1=O.Cn1c(=O)n(C)n(C)c1=O.Cn1ccccc1=O. The number of likely N-dealkylation sites (tertiary alicyclic amines) is 1. The smallest absolute Gasteiger partial charge is 0.417 e. The lowest BCUT2D eigenvalue weighted by Gasteiger charge is -2.35. The van der Waals surface area contributed by atoms with E-state index in [1.54, 1.807) is 147 Å². The fourth-order valence-electron chi connectivity index (χ4n) is 14.2. The van der Waals surface area contributed by atoms with Gasteiger partial charge in [0.2, 0.25) is 29.2 Å². The number of carbonyl (C=O) groups is 15. The van der Waals surface area contributed by atoms with Gasteiger partial charge in [0.25, 0.3) is 41.4 Å². The number of para-hydroxylation sites is 1. The van der Waals surface area contributed by atoms with E-state index in [1.807, 2.05) is 74.6 Å². The molecule has 39 nitrogen and oxygen atoms in total. The molecule has 4 aromatic carbocycles. The van der Waals surface area contributed by atoms with E-state index in [1.165, 1.54) is 127 Å². The molecule has 11 aliphatic rings. The molecule has 18 amide bonds. The molecule has 0 atom stereocenters. The third-order valence-electron chi connectivity index (χ3n) is 23.4. The third-order valence-corrected chi connectivity index (χ3v) is 23.4. The first-order valence-electron chi connectivity index (χ1n) is 42.6. The lowest BCUT2D eigenvalue weighted by molar-refractivity contribution is -0.151. The summed E-state index contributed by atoms with van der Waals surface area (Å²) in [7, 11) is 25.4. The molecule has 1 saturated carbocycles. The molecule has 6 fully saturated rings. The van der Waals surface area contributed by atoms with Crippen LogP contribution in [0.15, 0.2) is 178 Å².